The first-order chi connectivity index (χ1) is 14.5. The standard InChI is InChI=1S/C20H20F3N3O5/c1-13(24-16-9-8-15(20(21,22)23)10-17(16)26(29)30)19(28)31-12-18(27)25(2)11-14-6-4-3-5-7-14/h3-10,13,24H,11-12H2,1-2H3/t13-/m1/s1. The fraction of sp³-hybridized carbons (Fsp3) is 0.300. The molecular weight excluding hydrogens is 419 g/mol. The fourth-order valence-corrected chi connectivity index (χ4v) is 2.59. The Kier molecular flexibility index (Phi) is 7.56. The van der Waals surface area contributed by atoms with Gasteiger partial charge in [0.15, 0.2) is 6.61 Å². The number of halogens is 3. The summed E-state index contributed by atoms with van der Waals surface area (Å²) in [6.45, 7) is 1.06. The van der Waals surface area contributed by atoms with Crippen LogP contribution in [0.15, 0.2) is 48.5 Å². The van der Waals surface area contributed by atoms with Crippen molar-refractivity contribution >= 4 is 23.3 Å². The van der Waals surface area contributed by atoms with E-state index in [9.17, 15) is 32.9 Å². The van der Waals surface area contributed by atoms with Crippen molar-refractivity contribution in [3.05, 3.63) is 69.8 Å². The molecule has 0 spiro atoms. The molecule has 1 atom stereocenters. The summed E-state index contributed by atoms with van der Waals surface area (Å²) in [6, 6.07) is 9.90. The molecule has 0 aromatic heterocycles. The summed E-state index contributed by atoms with van der Waals surface area (Å²) < 4.78 is 43.3. The van der Waals surface area contributed by atoms with E-state index in [-0.39, 0.29) is 5.69 Å². The van der Waals surface area contributed by atoms with Crippen LogP contribution in [0.2, 0.25) is 0 Å². The fourth-order valence-electron chi connectivity index (χ4n) is 2.59. The third-order valence-electron chi connectivity index (χ3n) is 4.27. The molecule has 1 amide bonds. The number of hydrogen-bond acceptors (Lipinski definition) is 6. The summed E-state index contributed by atoms with van der Waals surface area (Å²) in [5, 5.41) is 13.6. The van der Waals surface area contributed by atoms with Gasteiger partial charge in [0.2, 0.25) is 0 Å². The zero-order valence-corrected chi connectivity index (χ0v) is 16.7. The van der Waals surface area contributed by atoms with Crippen molar-refractivity contribution in [1.29, 1.82) is 0 Å². The first kappa shape index (κ1) is 23.6. The Morgan fingerprint density at radius 2 is 1.84 bits per heavy atom. The van der Waals surface area contributed by atoms with Gasteiger partial charge < -0.3 is 15.0 Å². The van der Waals surface area contributed by atoms with Crippen LogP contribution in [0.25, 0.3) is 0 Å². The van der Waals surface area contributed by atoms with E-state index in [0.29, 0.717) is 18.7 Å². The molecule has 31 heavy (non-hydrogen) atoms. The van der Waals surface area contributed by atoms with E-state index < -0.39 is 46.9 Å². The van der Waals surface area contributed by atoms with E-state index >= 15 is 0 Å². The summed E-state index contributed by atoms with van der Waals surface area (Å²) in [5.74, 6) is -1.36. The Hall–Kier alpha value is -3.63. The zero-order valence-electron chi connectivity index (χ0n) is 16.7. The average Bonchev–Trinajstić information content (AvgIpc) is 2.71. The number of amides is 1. The number of carbonyl (C=O) groups excluding carboxylic acids is 2. The normalized spacial score (nSPS) is 12.0. The Morgan fingerprint density at radius 3 is 2.42 bits per heavy atom. The first-order valence-corrected chi connectivity index (χ1v) is 9.05. The number of nitro groups is 1. The molecule has 0 fully saturated rings. The number of nitrogens with one attached hydrogen (secondary N) is 1. The number of benzene rings is 2. The van der Waals surface area contributed by atoms with E-state index in [2.05, 4.69) is 5.32 Å². The van der Waals surface area contributed by atoms with Crippen molar-refractivity contribution in [2.45, 2.75) is 25.7 Å². The Morgan fingerprint density at radius 1 is 1.19 bits per heavy atom. The number of alkyl halides is 3. The second kappa shape index (κ2) is 9.92. The van der Waals surface area contributed by atoms with E-state index in [1.54, 1.807) is 0 Å². The molecule has 2 rings (SSSR count). The summed E-state index contributed by atoms with van der Waals surface area (Å²) in [6.07, 6.45) is -4.75. The Bertz CT molecular complexity index is 951. The van der Waals surface area contributed by atoms with Gasteiger partial charge in [0.25, 0.3) is 11.6 Å². The molecule has 0 bridgehead atoms. The number of esters is 1. The van der Waals surface area contributed by atoms with E-state index in [1.807, 2.05) is 30.3 Å². The number of carbonyl (C=O) groups is 2. The minimum Gasteiger partial charge on any atom is -0.454 e. The molecule has 0 aliphatic carbocycles. The molecule has 2 aromatic carbocycles. The quantitative estimate of drug-likeness (QED) is 0.383. The molecule has 0 aliphatic rings. The number of nitrogens with zero attached hydrogens (tertiary/aromatic N) is 2. The van der Waals surface area contributed by atoms with E-state index in [1.165, 1.54) is 18.9 Å². The molecule has 2 aromatic rings. The highest BCUT2D eigenvalue weighted by atomic mass is 19.4. The molecule has 11 heteroatoms. The third kappa shape index (κ3) is 6.69. The second-order valence-corrected chi connectivity index (χ2v) is 6.70. The lowest BCUT2D eigenvalue weighted by molar-refractivity contribution is -0.384. The predicted octanol–water partition coefficient (Wildman–Crippen LogP) is 3.62. The highest BCUT2D eigenvalue weighted by Gasteiger charge is 2.33. The minimum absolute atomic E-state index is 0.282. The molecule has 0 saturated heterocycles. The summed E-state index contributed by atoms with van der Waals surface area (Å²) >= 11 is 0. The maximum Gasteiger partial charge on any atom is 0.416 e. The minimum atomic E-state index is -4.75. The lowest BCUT2D eigenvalue weighted by Crippen LogP contribution is -2.34. The number of rotatable bonds is 8. The van der Waals surface area contributed by atoms with Gasteiger partial charge in [-0.25, -0.2) is 4.79 Å². The molecule has 0 heterocycles. The molecule has 166 valence electrons. The number of nitro benzene ring substituents is 1. The lowest BCUT2D eigenvalue weighted by Gasteiger charge is -2.19. The lowest BCUT2D eigenvalue weighted by atomic mass is 10.1. The number of hydrogen-bond donors (Lipinski definition) is 1. The smallest absolute Gasteiger partial charge is 0.416 e. The molecule has 0 saturated carbocycles. The molecule has 0 aliphatic heterocycles. The SMILES string of the molecule is C[C@@H](Nc1ccc(C(F)(F)F)cc1[N+](=O)[O-])C(=O)OCC(=O)N(C)Cc1ccccc1. The van der Waals surface area contributed by atoms with Gasteiger partial charge in [0.05, 0.1) is 10.5 Å². The van der Waals surface area contributed by atoms with Crippen molar-refractivity contribution in [2.24, 2.45) is 0 Å². The maximum absolute atomic E-state index is 12.8. The van der Waals surface area contributed by atoms with E-state index in [0.717, 1.165) is 11.6 Å². The summed E-state index contributed by atoms with van der Waals surface area (Å²) in [5.41, 5.74) is -1.43. The van der Waals surface area contributed by atoms with Crippen LogP contribution >= 0.6 is 0 Å². The highest BCUT2D eigenvalue weighted by molar-refractivity contribution is 5.84. The average molecular weight is 439 g/mol. The molecule has 1 N–H and O–H groups in total. The van der Waals surface area contributed by atoms with Gasteiger partial charge in [-0.3, -0.25) is 14.9 Å². The van der Waals surface area contributed by atoms with E-state index in [4.69, 9.17) is 4.74 Å². The first-order valence-electron chi connectivity index (χ1n) is 9.05. The number of ether oxygens (including phenoxy) is 1. The highest BCUT2D eigenvalue weighted by Crippen LogP contribution is 2.35. The van der Waals surface area contributed by atoms with Crippen LogP contribution in [-0.4, -0.2) is 41.4 Å². The predicted molar refractivity (Wildman–Crippen MR) is 105 cm³/mol. The van der Waals surface area contributed by atoms with Gasteiger partial charge in [-0.1, -0.05) is 30.3 Å². The van der Waals surface area contributed by atoms with Crippen molar-refractivity contribution in [3.63, 3.8) is 0 Å². The van der Waals surface area contributed by atoms with Crippen molar-refractivity contribution in [2.75, 3.05) is 19.0 Å². The molecule has 0 radical (unpaired) electrons. The number of likely N-dealkylation sites (N-methyl/N-ethyl adjacent to an activating group) is 1. The largest absolute Gasteiger partial charge is 0.454 e. The van der Waals surface area contributed by atoms with Gasteiger partial charge in [0, 0.05) is 19.7 Å². The monoisotopic (exact) mass is 439 g/mol. The maximum atomic E-state index is 12.8. The summed E-state index contributed by atoms with van der Waals surface area (Å²) in [4.78, 5) is 35.8. The Labute approximate surface area is 175 Å². The van der Waals surface area contributed by atoms with Crippen LogP contribution in [0.5, 0.6) is 0 Å². The van der Waals surface area contributed by atoms with Crippen LogP contribution < -0.4 is 5.32 Å². The molecule has 0 unspecified atom stereocenters. The Balaban J connectivity index is 1.96. The molecule has 8 nitrogen and oxygen atoms in total. The van der Waals surface area contributed by atoms with Crippen LogP contribution in [0.4, 0.5) is 24.5 Å². The molecular formula is C20H20F3N3O5. The van der Waals surface area contributed by atoms with Gasteiger partial charge in [-0.15, -0.1) is 0 Å². The number of anilines is 1. The van der Waals surface area contributed by atoms with Gasteiger partial charge in [-0.2, -0.15) is 13.2 Å². The van der Waals surface area contributed by atoms with Crippen molar-refractivity contribution in [3.8, 4) is 0 Å². The van der Waals surface area contributed by atoms with Crippen LogP contribution in [0.3, 0.4) is 0 Å². The zero-order chi connectivity index (χ0) is 23.2. The van der Waals surface area contributed by atoms with Crippen LogP contribution in [0.1, 0.15) is 18.1 Å². The summed E-state index contributed by atoms with van der Waals surface area (Å²) in [7, 11) is 1.54. The third-order valence-corrected chi connectivity index (χ3v) is 4.27. The van der Waals surface area contributed by atoms with Gasteiger partial charge in [-0.05, 0) is 24.6 Å². The van der Waals surface area contributed by atoms with Gasteiger partial charge >= 0.3 is 12.1 Å². The van der Waals surface area contributed by atoms with Gasteiger partial charge in [0.1, 0.15) is 11.7 Å². The van der Waals surface area contributed by atoms with Crippen molar-refractivity contribution < 1.29 is 32.4 Å². The van der Waals surface area contributed by atoms with Crippen molar-refractivity contribution in [1.82, 2.24) is 4.90 Å². The van der Waals surface area contributed by atoms with Crippen LogP contribution in [0, 0.1) is 10.1 Å². The topological polar surface area (TPSA) is 102 Å². The second-order valence-electron chi connectivity index (χ2n) is 6.70. The van der Waals surface area contributed by atoms with Crippen LogP contribution in [-0.2, 0) is 27.0 Å².